The van der Waals surface area contributed by atoms with E-state index >= 15 is 0 Å². The van der Waals surface area contributed by atoms with E-state index in [4.69, 9.17) is 0 Å². The van der Waals surface area contributed by atoms with Gasteiger partial charge >= 0.3 is 0 Å². The van der Waals surface area contributed by atoms with E-state index in [1.165, 1.54) is 44.1 Å². The zero-order chi connectivity index (χ0) is 19.2. The smallest absolute Gasteiger partial charge is 0.255 e. The highest BCUT2D eigenvalue weighted by molar-refractivity contribution is 6.04. The third-order valence-corrected chi connectivity index (χ3v) is 6.01. The summed E-state index contributed by atoms with van der Waals surface area (Å²) in [5, 5.41) is 6.55. The number of hydrogen-bond donors (Lipinski definition) is 2. The Morgan fingerprint density at radius 3 is 2.39 bits per heavy atom. The van der Waals surface area contributed by atoms with E-state index in [1.54, 1.807) is 0 Å². The van der Waals surface area contributed by atoms with Gasteiger partial charge in [0.2, 0.25) is 0 Å². The molecule has 0 aromatic heterocycles. The van der Waals surface area contributed by atoms with Crippen molar-refractivity contribution in [1.82, 2.24) is 4.90 Å². The average Bonchev–Trinajstić information content (AvgIpc) is 3.42. The normalized spacial score (nSPS) is 17.7. The zero-order valence-electron chi connectivity index (χ0n) is 16.6. The molecule has 2 aromatic carbocycles. The van der Waals surface area contributed by atoms with Gasteiger partial charge in [0, 0.05) is 30.0 Å². The SMILES string of the molecule is O=C(Nc1ccc(NCC2CCCC2)cc1)c1cccc(CN2CCCC2)c1. The standard InChI is InChI=1S/C24H31N3O/c28-24(21-9-5-8-20(16-21)18-27-14-3-4-15-27)26-23-12-10-22(11-13-23)25-17-19-6-1-2-7-19/h5,8-13,16,19,25H,1-4,6-7,14-15,17-18H2,(H,26,28). The highest BCUT2D eigenvalue weighted by Gasteiger charge is 2.15. The van der Waals surface area contributed by atoms with Gasteiger partial charge in [0.05, 0.1) is 0 Å². The predicted octanol–water partition coefficient (Wildman–Crippen LogP) is 5.14. The summed E-state index contributed by atoms with van der Waals surface area (Å²) in [6, 6.07) is 16.1. The van der Waals surface area contributed by atoms with Gasteiger partial charge in [0.15, 0.2) is 0 Å². The highest BCUT2D eigenvalue weighted by Crippen LogP contribution is 2.25. The van der Waals surface area contributed by atoms with Crippen LogP contribution < -0.4 is 10.6 Å². The lowest BCUT2D eigenvalue weighted by atomic mass is 10.1. The second-order valence-corrected chi connectivity index (χ2v) is 8.25. The molecule has 0 unspecified atom stereocenters. The van der Waals surface area contributed by atoms with E-state index in [2.05, 4.69) is 21.6 Å². The first-order valence-electron chi connectivity index (χ1n) is 10.7. The minimum absolute atomic E-state index is 0.0464. The fourth-order valence-corrected chi connectivity index (χ4v) is 4.36. The topological polar surface area (TPSA) is 44.4 Å². The predicted molar refractivity (Wildman–Crippen MR) is 116 cm³/mol. The quantitative estimate of drug-likeness (QED) is 0.702. The minimum atomic E-state index is -0.0464. The van der Waals surface area contributed by atoms with Crippen molar-refractivity contribution < 1.29 is 4.79 Å². The van der Waals surface area contributed by atoms with Crippen LogP contribution in [0.3, 0.4) is 0 Å². The van der Waals surface area contributed by atoms with Gasteiger partial charge in [-0.05, 0) is 86.7 Å². The molecule has 1 amide bonds. The van der Waals surface area contributed by atoms with Crippen molar-refractivity contribution in [2.24, 2.45) is 5.92 Å². The summed E-state index contributed by atoms with van der Waals surface area (Å²) in [6.45, 7) is 4.31. The lowest BCUT2D eigenvalue weighted by Crippen LogP contribution is -2.19. The minimum Gasteiger partial charge on any atom is -0.385 e. The van der Waals surface area contributed by atoms with Crippen molar-refractivity contribution >= 4 is 17.3 Å². The maximum atomic E-state index is 12.6. The summed E-state index contributed by atoms with van der Waals surface area (Å²) in [5.41, 5.74) is 3.89. The van der Waals surface area contributed by atoms with Gasteiger partial charge in [-0.25, -0.2) is 0 Å². The summed E-state index contributed by atoms with van der Waals surface area (Å²) in [4.78, 5) is 15.1. The van der Waals surface area contributed by atoms with Crippen molar-refractivity contribution in [1.29, 1.82) is 0 Å². The van der Waals surface area contributed by atoms with Gasteiger partial charge < -0.3 is 10.6 Å². The van der Waals surface area contributed by atoms with Gasteiger partial charge in [-0.15, -0.1) is 0 Å². The number of benzene rings is 2. The van der Waals surface area contributed by atoms with Gasteiger partial charge in [-0.1, -0.05) is 25.0 Å². The second-order valence-electron chi connectivity index (χ2n) is 8.25. The molecule has 28 heavy (non-hydrogen) atoms. The van der Waals surface area contributed by atoms with Gasteiger partial charge in [0.1, 0.15) is 0 Å². The van der Waals surface area contributed by atoms with Gasteiger partial charge in [0.25, 0.3) is 5.91 Å². The fraction of sp³-hybridized carbons (Fsp3) is 0.458. The molecule has 1 aliphatic heterocycles. The monoisotopic (exact) mass is 377 g/mol. The average molecular weight is 378 g/mol. The van der Waals surface area contributed by atoms with Gasteiger partial charge in [-0.3, -0.25) is 9.69 Å². The largest absolute Gasteiger partial charge is 0.385 e. The van der Waals surface area contributed by atoms with E-state index in [-0.39, 0.29) is 5.91 Å². The molecule has 0 atom stereocenters. The van der Waals surface area contributed by atoms with E-state index in [0.29, 0.717) is 0 Å². The first-order valence-corrected chi connectivity index (χ1v) is 10.7. The van der Waals surface area contributed by atoms with Crippen LogP contribution in [-0.2, 0) is 6.54 Å². The first kappa shape index (κ1) is 19.0. The van der Waals surface area contributed by atoms with Crippen LogP contribution in [0.2, 0.25) is 0 Å². The van der Waals surface area contributed by atoms with Crippen molar-refractivity contribution in [3.05, 3.63) is 59.7 Å². The molecule has 2 fully saturated rings. The Morgan fingerprint density at radius 2 is 1.64 bits per heavy atom. The number of anilines is 2. The molecule has 2 N–H and O–H groups in total. The van der Waals surface area contributed by atoms with E-state index in [9.17, 15) is 4.79 Å². The third-order valence-electron chi connectivity index (χ3n) is 6.01. The van der Waals surface area contributed by atoms with Crippen LogP contribution >= 0.6 is 0 Å². The maximum absolute atomic E-state index is 12.6. The number of carbonyl (C=O) groups excluding carboxylic acids is 1. The maximum Gasteiger partial charge on any atom is 0.255 e. The molecule has 0 spiro atoms. The number of rotatable bonds is 7. The molecule has 2 aliphatic rings. The zero-order valence-corrected chi connectivity index (χ0v) is 16.6. The Hall–Kier alpha value is -2.33. The summed E-state index contributed by atoms with van der Waals surface area (Å²) in [6.07, 6.45) is 8.00. The summed E-state index contributed by atoms with van der Waals surface area (Å²) >= 11 is 0. The third kappa shape index (κ3) is 5.14. The number of hydrogen-bond acceptors (Lipinski definition) is 3. The number of nitrogens with zero attached hydrogens (tertiary/aromatic N) is 1. The number of carbonyl (C=O) groups is 1. The van der Waals surface area contributed by atoms with Gasteiger partial charge in [-0.2, -0.15) is 0 Å². The molecule has 1 heterocycles. The first-order chi connectivity index (χ1) is 13.8. The molecule has 4 heteroatoms. The summed E-state index contributed by atoms with van der Waals surface area (Å²) < 4.78 is 0. The van der Waals surface area contributed by atoms with E-state index < -0.39 is 0 Å². The van der Waals surface area contributed by atoms with Crippen LogP contribution in [0.4, 0.5) is 11.4 Å². The molecule has 1 aliphatic carbocycles. The second kappa shape index (κ2) is 9.24. The molecule has 1 saturated carbocycles. The van der Waals surface area contributed by atoms with Crippen LogP contribution in [0.15, 0.2) is 48.5 Å². The molecule has 2 aromatic rings. The van der Waals surface area contributed by atoms with E-state index in [0.717, 1.165) is 49.0 Å². The molecule has 4 nitrogen and oxygen atoms in total. The highest BCUT2D eigenvalue weighted by atomic mass is 16.1. The fourth-order valence-electron chi connectivity index (χ4n) is 4.36. The van der Waals surface area contributed by atoms with E-state index in [1.807, 2.05) is 42.5 Å². The number of nitrogens with one attached hydrogen (secondary N) is 2. The molecule has 0 radical (unpaired) electrons. The van der Waals surface area contributed by atoms with Crippen molar-refractivity contribution in [3.8, 4) is 0 Å². The Morgan fingerprint density at radius 1 is 0.929 bits per heavy atom. The Bertz CT molecular complexity index is 775. The van der Waals surface area contributed by atoms with Crippen LogP contribution in [0.25, 0.3) is 0 Å². The molecule has 148 valence electrons. The molecule has 4 rings (SSSR count). The van der Waals surface area contributed by atoms with Crippen LogP contribution in [0.1, 0.15) is 54.4 Å². The molecular weight excluding hydrogens is 346 g/mol. The summed E-state index contributed by atoms with van der Waals surface area (Å²) in [7, 11) is 0. The van der Waals surface area contributed by atoms with Crippen LogP contribution in [-0.4, -0.2) is 30.4 Å². The number of amides is 1. The molecule has 1 saturated heterocycles. The van der Waals surface area contributed by atoms with Crippen molar-refractivity contribution in [2.75, 3.05) is 30.3 Å². The summed E-state index contributed by atoms with van der Waals surface area (Å²) in [5.74, 6) is 0.766. The van der Waals surface area contributed by atoms with Crippen molar-refractivity contribution in [2.45, 2.75) is 45.1 Å². The molecule has 0 bridgehead atoms. The van der Waals surface area contributed by atoms with Crippen molar-refractivity contribution in [3.63, 3.8) is 0 Å². The van der Waals surface area contributed by atoms with Crippen LogP contribution in [0, 0.1) is 5.92 Å². The molecular formula is C24H31N3O. The Labute approximate surface area is 168 Å². The lowest BCUT2D eigenvalue weighted by molar-refractivity contribution is 0.102. The number of likely N-dealkylation sites (tertiary alicyclic amines) is 1. The Kier molecular flexibility index (Phi) is 6.27. The lowest BCUT2D eigenvalue weighted by Gasteiger charge is -2.15. The Balaban J connectivity index is 1.31. The van der Waals surface area contributed by atoms with Crippen LogP contribution in [0.5, 0.6) is 0 Å².